The number of amides is 3. The lowest BCUT2D eigenvalue weighted by Gasteiger charge is -2.12. The summed E-state index contributed by atoms with van der Waals surface area (Å²) in [5.74, 6) is 0.446. The number of hydrogen-bond donors (Lipinski definition) is 3. The molecule has 0 saturated heterocycles. The van der Waals surface area contributed by atoms with Gasteiger partial charge in [-0.15, -0.1) is 0 Å². The van der Waals surface area contributed by atoms with E-state index in [1.165, 1.54) is 0 Å². The highest BCUT2D eigenvalue weighted by molar-refractivity contribution is 5.83. The van der Waals surface area contributed by atoms with Crippen LogP contribution in [-0.4, -0.2) is 24.5 Å². The number of carbonyl (C=O) groups excluding carboxylic acids is 2. The molecular formula is C13H19N3O3. The van der Waals surface area contributed by atoms with Crippen molar-refractivity contribution in [2.24, 2.45) is 0 Å². The molecule has 6 heteroatoms. The van der Waals surface area contributed by atoms with Gasteiger partial charge < -0.3 is 20.4 Å². The second kappa shape index (κ2) is 6.82. The Balaban J connectivity index is 1.58. The smallest absolute Gasteiger partial charge is 0.315 e. The minimum Gasteiger partial charge on any atom is -0.467 e. The molecule has 1 aliphatic rings. The zero-order chi connectivity index (χ0) is 13.5. The third kappa shape index (κ3) is 4.65. The minimum atomic E-state index is -0.278. The molecule has 1 saturated carbocycles. The molecule has 104 valence electrons. The number of urea groups is 1. The van der Waals surface area contributed by atoms with Crippen LogP contribution < -0.4 is 16.0 Å². The molecule has 0 bridgehead atoms. The Kier molecular flexibility index (Phi) is 4.83. The van der Waals surface area contributed by atoms with Crippen molar-refractivity contribution in [1.29, 1.82) is 0 Å². The molecule has 19 heavy (non-hydrogen) atoms. The Hall–Kier alpha value is -1.98. The summed E-state index contributed by atoms with van der Waals surface area (Å²) in [5.41, 5.74) is 0. The third-order valence-electron chi connectivity index (χ3n) is 3.14. The van der Waals surface area contributed by atoms with Gasteiger partial charge in [0.1, 0.15) is 5.76 Å². The molecule has 0 unspecified atom stereocenters. The number of carbonyl (C=O) groups is 2. The van der Waals surface area contributed by atoms with Gasteiger partial charge in [0.15, 0.2) is 0 Å². The Morgan fingerprint density at radius 1 is 1.26 bits per heavy atom. The molecule has 0 aliphatic heterocycles. The van der Waals surface area contributed by atoms with E-state index < -0.39 is 0 Å². The van der Waals surface area contributed by atoms with Crippen LogP contribution in [0.5, 0.6) is 0 Å². The lowest BCUT2D eigenvalue weighted by Crippen LogP contribution is -2.44. The van der Waals surface area contributed by atoms with Gasteiger partial charge in [-0.25, -0.2) is 4.79 Å². The van der Waals surface area contributed by atoms with Crippen LogP contribution in [0.4, 0.5) is 4.79 Å². The van der Waals surface area contributed by atoms with Crippen molar-refractivity contribution < 1.29 is 14.0 Å². The van der Waals surface area contributed by atoms with E-state index in [0.717, 1.165) is 25.7 Å². The molecule has 1 aromatic rings. The fourth-order valence-corrected chi connectivity index (χ4v) is 2.13. The Morgan fingerprint density at radius 2 is 2.05 bits per heavy atom. The fraction of sp³-hybridized carbons (Fsp3) is 0.538. The molecule has 0 atom stereocenters. The first-order valence-electron chi connectivity index (χ1n) is 6.57. The first kappa shape index (κ1) is 13.5. The van der Waals surface area contributed by atoms with E-state index >= 15 is 0 Å². The van der Waals surface area contributed by atoms with E-state index in [1.54, 1.807) is 18.4 Å². The molecule has 3 N–H and O–H groups in total. The highest BCUT2D eigenvalue weighted by atomic mass is 16.3. The predicted octanol–water partition coefficient (Wildman–Crippen LogP) is 1.14. The molecule has 1 aromatic heterocycles. The topological polar surface area (TPSA) is 83.4 Å². The second-order valence-electron chi connectivity index (χ2n) is 4.66. The summed E-state index contributed by atoms with van der Waals surface area (Å²) in [7, 11) is 0. The predicted molar refractivity (Wildman–Crippen MR) is 69.3 cm³/mol. The zero-order valence-electron chi connectivity index (χ0n) is 10.8. The van der Waals surface area contributed by atoms with Crippen LogP contribution in [0.2, 0.25) is 0 Å². The van der Waals surface area contributed by atoms with Gasteiger partial charge in [-0.3, -0.25) is 4.79 Å². The minimum absolute atomic E-state index is 0.0285. The van der Waals surface area contributed by atoms with Crippen LogP contribution in [-0.2, 0) is 11.3 Å². The molecule has 0 radical (unpaired) electrons. The summed E-state index contributed by atoms with van der Waals surface area (Å²) in [6, 6.07) is 3.51. The largest absolute Gasteiger partial charge is 0.467 e. The summed E-state index contributed by atoms with van der Waals surface area (Å²) in [4.78, 5) is 23.0. The van der Waals surface area contributed by atoms with Crippen molar-refractivity contribution in [3.8, 4) is 0 Å². The van der Waals surface area contributed by atoms with Gasteiger partial charge in [0.25, 0.3) is 0 Å². The zero-order valence-corrected chi connectivity index (χ0v) is 10.8. The van der Waals surface area contributed by atoms with Gasteiger partial charge in [-0.05, 0) is 25.0 Å². The second-order valence-corrected chi connectivity index (χ2v) is 4.66. The van der Waals surface area contributed by atoms with Gasteiger partial charge in [-0.1, -0.05) is 12.8 Å². The SMILES string of the molecule is O=C(CNC(=O)NC1CCCC1)NCc1ccco1. The van der Waals surface area contributed by atoms with Crippen molar-refractivity contribution in [1.82, 2.24) is 16.0 Å². The Bertz CT molecular complexity index is 411. The molecule has 1 aliphatic carbocycles. The van der Waals surface area contributed by atoms with Crippen LogP contribution in [0.25, 0.3) is 0 Å². The van der Waals surface area contributed by atoms with Crippen molar-refractivity contribution in [2.45, 2.75) is 38.3 Å². The molecular weight excluding hydrogens is 246 g/mol. The molecule has 0 spiro atoms. The standard InChI is InChI=1S/C13H19N3O3/c17-12(14-8-11-6-3-7-19-11)9-15-13(18)16-10-4-1-2-5-10/h3,6-7,10H,1-2,4-5,8-9H2,(H,14,17)(H2,15,16,18). The van der Waals surface area contributed by atoms with Gasteiger partial charge in [0, 0.05) is 6.04 Å². The summed E-state index contributed by atoms with van der Waals surface area (Å²) < 4.78 is 5.08. The van der Waals surface area contributed by atoms with Gasteiger partial charge >= 0.3 is 6.03 Å². The van der Waals surface area contributed by atoms with Crippen molar-refractivity contribution in [3.05, 3.63) is 24.2 Å². The maximum absolute atomic E-state index is 11.5. The van der Waals surface area contributed by atoms with E-state index in [-0.39, 0.29) is 24.5 Å². The number of hydrogen-bond acceptors (Lipinski definition) is 3. The summed E-state index contributed by atoms with van der Waals surface area (Å²) >= 11 is 0. The lowest BCUT2D eigenvalue weighted by atomic mass is 10.2. The monoisotopic (exact) mass is 265 g/mol. The number of nitrogens with one attached hydrogen (secondary N) is 3. The van der Waals surface area contributed by atoms with Crippen molar-refractivity contribution in [2.75, 3.05) is 6.54 Å². The van der Waals surface area contributed by atoms with E-state index in [1.807, 2.05) is 0 Å². The van der Waals surface area contributed by atoms with Gasteiger partial charge in [0.2, 0.25) is 5.91 Å². The molecule has 6 nitrogen and oxygen atoms in total. The average molecular weight is 265 g/mol. The number of rotatable bonds is 5. The van der Waals surface area contributed by atoms with E-state index in [9.17, 15) is 9.59 Å². The van der Waals surface area contributed by atoms with Crippen LogP contribution in [0.1, 0.15) is 31.4 Å². The summed E-state index contributed by atoms with van der Waals surface area (Å²) in [6.07, 6.45) is 5.92. The van der Waals surface area contributed by atoms with E-state index in [2.05, 4.69) is 16.0 Å². The quantitative estimate of drug-likeness (QED) is 0.746. The first-order chi connectivity index (χ1) is 9.24. The maximum Gasteiger partial charge on any atom is 0.315 e. The normalized spacial score (nSPS) is 15.2. The molecule has 0 aromatic carbocycles. The van der Waals surface area contributed by atoms with Crippen LogP contribution in [0.3, 0.4) is 0 Å². The fourth-order valence-electron chi connectivity index (χ4n) is 2.13. The highest BCUT2D eigenvalue weighted by Crippen LogP contribution is 2.17. The highest BCUT2D eigenvalue weighted by Gasteiger charge is 2.17. The van der Waals surface area contributed by atoms with Crippen LogP contribution >= 0.6 is 0 Å². The Labute approximate surface area is 111 Å². The van der Waals surface area contributed by atoms with Gasteiger partial charge in [-0.2, -0.15) is 0 Å². The summed E-state index contributed by atoms with van der Waals surface area (Å²) in [5, 5.41) is 8.06. The van der Waals surface area contributed by atoms with Gasteiger partial charge in [0.05, 0.1) is 19.4 Å². The Morgan fingerprint density at radius 3 is 2.74 bits per heavy atom. The summed E-state index contributed by atoms with van der Waals surface area (Å²) in [6.45, 7) is 0.303. The third-order valence-corrected chi connectivity index (χ3v) is 3.14. The molecule has 2 rings (SSSR count). The first-order valence-corrected chi connectivity index (χ1v) is 6.57. The van der Waals surface area contributed by atoms with E-state index in [0.29, 0.717) is 12.3 Å². The van der Waals surface area contributed by atoms with Crippen LogP contribution in [0, 0.1) is 0 Å². The lowest BCUT2D eigenvalue weighted by molar-refractivity contribution is -0.120. The van der Waals surface area contributed by atoms with Crippen molar-refractivity contribution >= 4 is 11.9 Å². The molecule has 3 amide bonds. The average Bonchev–Trinajstić information content (AvgIpc) is 3.06. The van der Waals surface area contributed by atoms with Crippen molar-refractivity contribution in [3.63, 3.8) is 0 Å². The molecule has 1 heterocycles. The van der Waals surface area contributed by atoms with Crippen LogP contribution in [0.15, 0.2) is 22.8 Å². The number of furan rings is 1. The maximum atomic E-state index is 11.5. The van der Waals surface area contributed by atoms with E-state index in [4.69, 9.17) is 4.42 Å². The molecule has 1 fully saturated rings.